The van der Waals surface area contributed by atoms with Crippen molar-refractivity contribution in [3.63, 3.8) is 0 Å². The highest BCUT2D eigenvalue weighted by molar-refractivity contribution is 7.48. The number of benzene rings is 6. The summed E-state index contributed by atoms with van der Waals surface area (Å²) in [4.78, 5) is 0. The second-order valence-electron chi connectivity index (χ2n) is 13.9. The minimum atomic E-state index is -4.38. The van der Waals surface area contributed by atoms with Gasteiger partial charge in [0.25, 0.3) is 0 Å². The van der Waals surface area contributed by atoms with Gasteiger partial charge in [0.1, 0.15) is 24.4 Å². The summed E-state index contributed by atoms with van der Waals surface area (Å²) in [5.74, 6) is 0. The predicted molar refractivity (Wildman–Crippen MR) is 221 cm³/mol. The van der Waals surface area contributed by atoms with E-state index in [1.807, 2.05) is 182 Å². The van der Waals surface area contributed by atoms with E-state index in [0.29, 0.717) is 6.61 Å². The van der Waals surface area contributed by atoms with E-state index in [2.05, 4.69) is 0 Å². The number of ether oxygens (including phenoxy) is 5. The molecule has 58 heavy (non-hydrogen) atoms. The molecule has 0 saturated carbocycles. The molecule has 6 aromatic carbocycles. The summed E-state index contributed by atoms with van der Waals surface area (Å²) in [6, 6.07) is 58.4. The smallest absolute Gasteiger partial charge is 0.374 e. The van der Waals surface area contributed by atoms with Crippen LogP contribution in [0.2, 0.25) is 0 Å². The Labute approximate surface area is 341 Å². The quantitative estimate of drug-likeness (QED) is 0.0660. The summed E-state index contributed by atoms with van der Waals surface area (Å²) >= 11 is 0. The van der Waals surface area contributed by atoms with Crippen LogP contribution in [0, 0.1) is 0 Å². The summed E-state index contributed by atoms with van der Waals surface area (Å²) in [5, 5.41) is 0. The SMILES string of the molecule is O=P(OCc1ccccc1)(OCc1ccccc1)O[C@H]1O[C@H](COCc2ccccc2)[C@@H](OCc2ccccc2)[C@H](OCc2ccccc2)[C@@H]1OCc1ccccc1. The molecule has 0 spiro atoms. The number of rotatable bonds is 21. The maximum atomic E-state index is 14.9. The number of phosphoric acid groups is 1. The zero-order valence-corrected chi connectivity index (χ0v) is 33.2. The van der Waals surface area contributed by atoms with E-state index in [-0.39, 0.29) is 39.6 Å². The summed E-state index contributed by atoms with van der Waals surface area (Å²) in [5.41, 5.74) is 5.43. The van der Waals surface area contributed by atoms with Gasteiger partial charge in [-0.25, -0.2) is 4.57 Å². The first-order valence-corrected chi connectivity index (χ1v) is 21.0. The minimum Gasteiger partial charge on any atom is -0.374 e. The van der Waals surface area contributed by atoms with Crippen LogP contribution in [0.5, 0.6) is 0 Å². The highest BCUT2D eigenvalue weighted by Gasteiger charge is 2.51. The fourth-order valence-corrected chi connectivity index (χ4v) is 7.75. The number of phosphoric ester groups is 1. The molecular formula is C48H49O9P. The molecule has 0 aliphatic carbocycles. The number of hydrogen-bond acceptors (Lipinski definition) is 9. The van der Waals surface area contributed by atoms with E-state index < -0.39 is 38.5 Å². The van der Waals surface area contributed by atoms with Crippen LogP contribution in [0.3, 0.4) is 0 Å². The number of hydrogen-bond donors (Lipinski definition) is 0. The van der Waals surface area contributed by atoms with Crippen LogP contribution in [0.1, 0.15) is 33.4 Å². The normalized spacial score (nSPS) is 19.5. The standard InChI is InChI=1S/C48H49O9P/c49-58(54-35-42-27-15-5-16-28-42,55-36-43-29-17-6-18-30-43)57-48-47(53-34-41-25-13-4-14-26-41)46(52-33-40-23-11-3-12-24-40)45(51-32-39-21-9-2-10-22-39)44(56-48)37-50-31-38-19-7-1-8-20-38/h1-30,44-48H,31-37H2/t44-,45-,46+,47+,48-/m1/s1. The molecule has 1 aliphatic heterocycles. The average molecular weight is 801 g/mol. The van der Waals surface area contributed by atoms with Gasteiger partial charge in [-0.1, -0.05) is 182 Å². The predicted octanol–water partition coefficient (Wildman–Crippen LogP) is 10.2. The van der Waals surface area contributed by atoms with Gasteiger partial charge in [0.2, 0.25) is 0 Å². The van der Waals surface area contributed by atoms with Crippen LogP contribution in [-0.4, -0.2) is 37.3 Å². The van der Waals surface area contributed by atoms with Crippen molar-refractivity contribution >= 4 is 7.82 Å². The third kappa shape index (κ3) is 12.6. The monoisotopic (exact) mass is 800 g/mol. The van der Waals surface area contributed by atoms with Crippen molar-refractivity contribution in [1.82, 2.24) is 0 Å². The first-order valence-electron chi connectivity index (χ1n) is 19.5. The Balaban J connectivity index is 1.23. The molecule has 1 heterocycles. The third-order valence-corrected chi connectivity index (χ3v) is 10.9. The fourth-order valence-electron chi connectivity index (χ4n) is 6.51. The Morgan fingerprint density at radius 3 is 1.12 bits per heavy atom. The largest absolute Gasteiger partial charge is 0.477 e. The van der Waals surface area contributed by atoms with E-state index in [1.165, 1.54) is 0 Å². The van der Waals surface area contributed by atoms with Gasteiger partial charge in [-0.2, -0.15) is 0 Å². The molecule has 0 radical (unpaired) electrons. The summed E-state index contributed by atoms with van der Waals surface area (Å²) in [6.45, 7) is 1.06. The Kier molecular flexibility index (Phi) is 15.6. The van der Waals surface area contributed by atoms with E-state index in [9.17, 15) is 4.57 Å². The van der Waals surface area contributed by atoms with Crippen molar-refractivity contribution in [3.05, 3.63) is 215 Å². The van der Waals surface area contributed by atoms with Crippen LogP contribution < -0.4 is 0 Å². The van der Waals surface area contributed by atoms with Crippen molar-refractivity contribution in [2.45, 2.75) is 70.3 Å². The lowest BCUT2D eigenvalue weighted by atomic mass is 9.98. The second-order valence-corrected chi connectivity index (χ2v) is 15.5. The molecule has 0 N–H and O–H groups in total. The molecule has 6 aromatic rings. The zero-order valence-electron chi connectivity index (χ0n) is 32.3. The van der Waals surface area contributed by atoms with Crippen molar-refractivity contribution in [1.29, 1.82) is 0 Å². The first kappa shape index (κ1) is 41.4. The highest BCUT2D eigenvalue weighted by Crippen LogP contribution is 2.54. The third-order valence-electron chi connectivity index (χ3n) is 9.54. The molecule has 5 atom stereocenters. The van der Waals surface area contributed by atoms with Crippen LogP contribution in [0.15, 0.2) is 182 Å². The first-order chi connectivity index (χ1) is 28.6. The van der Waals surface area contributed by atoms with Gasteiger partial charge in [-0.3, -0.25) is 13.6 Å². The lowest BCUT2D eigenvalue weighted by Gasteiger charge is -2.46. The van der Waals surface area contributed by atoms with Gasteiger partial charge < -0.3 is 23.7 Å². The van der Waals surface area contributed by atoms with Gasteiger partial charge in [0.15, 0.2) is 6.29 Å². The van der Waals surface area contributed by atoms with Gasteiger partial charge in [-0.05, 0) is 33.4 Å². The molecule has 10 heteroatoms. The summed E-state index contributed by atoms with van der Waals surface area (Å²) in [7, 11) is -4.38. The molecule has 0 bridgehead atoms. The van der Waals surface area contributed by atoms with Crippen molar-refractivity contribution in [2.75, 3.05) is 6.61 Å². The second kappa shape index (κ2) is 21.8. The van der Waals surface area contributed by atoms with Crippen LogP contribution >= 0.6 is 7.82 Å². The van der Waals surface area contributed by atoms with E-state index in [1.54, 1.807) is 0 Å². The molecule has 300 valence electrons. The highest BCUT2D eigenvalue weighted by atomic mass is 31.2. The molecule has 0 unspecified atom stereocenters. The van der Waals surface area contributed by atoms with Gasteiger partial charge in [-0.15, -0.1) is 0 Å². The Bertz CT molecular complexity index is 2030. The summed E-state index contributed by atoms with van der Waals surface area (Å²) in [6.07, 6.45) is -4.54. The Morgan fingerprint density at radius 1 is 0.397 bits per heavy atom. The lowest BCUT2D eigenvalue weighted by molar-refractivity contribution is -0.313. The van der Waals surface area contributed by atoms with Crippen LogP contribution in [0.25, 0.3) is 0 Å². The fraction of sp³-hybridized carbons (Fsp3) is 0.250. The molecule has 0 aromatic heterocycles. The maximum Gasteiger partial charge on any atom is 0.477 e. The van der Waals surface area contributed by atoms with Gasteiger partial charge in [0.05, 0.1) is 46.2 Å². The molecular weight excluding hydrogens is 751 g/mol. The molecule has 1 saturated heterocycles. The van der Waals surface area contributed by atoms with Crippen molar-refractivity contribution < 1.29 is 41.8 Å². The zero-order chi connectivity index (χ0) is 39.7. The Morgan fingerprint density at radius 2 is 0.724 bits per heavy atom. The van der Waals surface area contributed by atoms with Gasteiger partial charge in [0, 0.05) is 0 Å². The van der Waals surface area contributed by atoms with Gasteiger partial charge >= 0.3 is 7.82 Å². The lowest BCUT2D eigenvalue weighted by Crippen LogP contribution is -2.61. The topological polar surface area (TPSA) is 90.9 Å². The van der Waals surface area contributed by atoms with E-state index >= 15 is 0 Å². The molecule has 9 nitrogen and oxygen atoms in total. The molecule has 1 aliphatic rings. The summed E-state index contributed by atoms with van der Waals surface area (Å²) < 4.78 is 67.0. The van der Waals surface area contributed by atoms with Crippen molar-refractivity contribution in [3.8, 4) is 0 Å². The van der Waals surface area contributed by atoms with E-state index in [0.717, 1.165) is 33.4 Å². The van der Waals surface area contributed by atoms with Crippen LogP contribution in [-0.2, 0) is 81.5 Å². The minimum absolute atomic E-state index is 0.0322. The van der Waals surface area contributed by atoms with Crippen LogP contribution in [0.4, 0.5) is 0 Å². The average Bonchev–Trinajstić information content (AvgIpc) is 3.28. The van der Waals surface area contributed by atoms with Crippen molar-refractivity contribution in [2.24, 2.45) is 0 Å². The Hall–Kier alpha value is -4.77. The molecule has 7 rings (SSSR count). The maximum absolute atomic E-state index is 14.9. The van der Waals surface area contributed by atoms with E-state index in [4.69, 9.17) is 37.3 Å². The molecule has 0 amide bonds. The molecule has 1 fully saturated rings.